The van der Waals surface area contributed by atoms with Gasteiger partial charge in [-0.25, -0.2) is 4.98 Å². The molecule has 0 bridgehead atoms. The zero-order chi connectivity index (χ0) is 14.8. The molecule has 0 unspecified atom stereocenters. The number of pyridine rings is 1. The third-order valence-electron chi connectivity index (χ3n) is 3.20. The maximum absolute atomic E-state index is 5.85. The monoisotopic (exact) mass is 281 g/mol. The zero-order valence-corrected chi connectivity index (χ0v) is 12.3. The fourth-order valence-corrected chi connectivity index (χ4v) is 2.19. The van der Waals surface area contributed by atoms with Crippen LogP contribution in [0.15, 0.2) is 48.8 Å². The Hall–Kier alpha value is -2.49. The molecule has 1 aromatic carbocycles. The number of benzene rings is 1. The van der Waals surface area contributed by atoms with Crippen LogP contribution >= 0.6 is 0 Å². The molecule has 4 nitrogen and oxygen atoms in total. The number of hydrogen-bond acceptors (Lipinski definition) is 3. The van der Waals surface area contributed by atoms with E-state index in [2.05, 4.69) is 18.8 Å². The fourth-order valence-electron chi connectivity index (χ4n) is 2.19. The van der Waals surface area contributed by atoms with Crippen LogP contribution in [-0.2, 0) is 0 Å². The lowest BCUT2D eigenvalue weighted by Crippen LogP contribution is -2.05. The summed E-state index contributed by atoms with van der Waals surface area (Å²) in [5.74, 6) is 1.29. The van der Waals surface area contributed by atoms with Crippen molar-refractivity contribution in [1.29, 1.82) is 0 Å². The average molecular weight is 281 g/mol. The number of fused-ring (bicyclic) bond motifs is 1. The second-order valence-corrected chi connectivity index (χ2v) is 5.56. The van der Waals surface area contributed by atoms with Crippen LogP contribution in [0.3, 0.4) is 0 Å². The van der Waals surface area contributed by atoms with E-state index in [0.717, 1.165) is 28.3 Å². The first-order valence-corrected chi connectivity index (χ1v) is 7.10. The topological polar surface area (TPSA) is 52.5 Å². The van der Waals surface area contributed by atoms with Crippen LogP contribution in [0.2, 0.25) is 0 Å². The molecule has 4 heteroatoms. The first kappa shape index (κ1) is 13.5. The molecule has 0 saturated heterocycles. The van der Waals surface area contributed by atoms with Gasteiger partial charge in [0.15, 0.2) is 11.4 Å². The highest BCUT2D eigenvalue weighted by atomic mass is 16.5. The van der Waals surface area contributed by atoms with E-state index in [0.29, 0.717) is 12.5 Å². The summed E-state index contributed by atoms with van der Waals surface area (Å²) in [6.07, 6.45) is 3.96. The standard InChI is InChI=1S/C17H19N3O/c1-12(2)11-21-16-7-4-8-20-10-15(19-17(16)20)13-5-3-6-14(18)9-13/h3-10,12H,11,18H2,1-2H3. The van der Waals surface area contributed by atoms with Gasteiger partial charge in [-0.05, 0) is 30.2 Å². The number of rotatable bonds is 4. The van der Waals surface area contributed by atoms with Crippen molar-refractivity contribution >= 4 is 11.3 Å². The molecule has 0 fully saturated rings. The van der Waals surface area contributed by atoms with E-state index in [1.807, 2.05) is 53.2 Å². The first-order valence-electron chi connectivity index (χ1n) is 7.10. The molecule has 0 atom stereocenters. The van der Waals surface area contributed by atoms with E-state index < -0.39 is 0 Å². The highest BCUT2D eigenvalue weighted by Gasteiger charge is 2.09. The third kappa shape index (κ3) is 2.84. The minimum atomic E-state index is 0.480. The van der Waals surface area contributed by atoms with E-state index in [-0.39, 0.29) is 0 Å². The summed E-state index contributed by atoms with van der Waals surface area (Å²) in [5.41, 5.74) is 9.31. The molecule has 0 saturated carbocycles. The van der Waals surface area contributed by atoms with Crippen LogP contribution in [-0.4, -0.2) is 16.0 Å². The Morgan fingerprint density at radius 3 is 2.86 bits per heavy atom. The van der Waals surface area contributed by atoms with Gasteiger partial charge in [0, 0.05) is 23.6 Å². The lowest BCUT2D eigenvalue weighted by atomic mass is 10.1. The smallest absolute Gasteiger partial charge is 0.180 e. The molecule has 3 rings (SSSR count). The second-order valence-electron chi connectivity index (χ2n) is 5.56. The fraction of sp³-hybridized carbons (Fsp3) is 0.235. The zero-order valence-electron chi connectivity index (χ0n) is 12.3. The molecule has 0 radical (unpaired) electrons. The van der Waals surface area contributed by atoms with Crippen molar-refractivity contribution in [2.75, 3.05) is 12.3 Å². The molecule has 108 valence electrons. The van der Waals surface area contributed by atoms with Gasteiger partial charge in [0.1, 0.15) is 0 Å². The predicted molar refractivity (Wildman–Crippen MR) is 85.4 cm³/mol. The van der Waals surface area contributed by atoms with Gasteiger partial charge in [-0.3, -0.25) is 0 Å². The quantitative estimate of drug-likeness (QED) is 0.743. The third-order valence-corrected chi connectivity index (χ3v) is 3.20. The largest absolute Gasteiger partial charge is 0.489 e. The lowest BCUT2D eigenvalue weighted by molar-refractivity contribution is 0.272. The van der Waals surface area contributed by atoms with Gasteiger partial charge in [0.25, 0.3) is 0 Å². The van der Waals surface area contributed by atoms with Gasteiger partial charge >= 0.3 is 0 Å². The van der Waals surface area contributed by atoms with Crippen LogP contribution in [0, 0.1) is 5.92 Å². The van der Waals surface area contributed by atoms with E-state index in [1.165, 1.54) is 0 Å². The summed E-state index contributed by atoms with van der Waals surface area (Å²) < 4.78 is 7.83. The van der Waals surface area contributed by atoms with E-state index in [9.17, 15) is 0 Å². The number of anilines is 1. The molecule has 2 heterocycles. The maximum atomic E-state index is 5.85. The number of imidazole rings is 1. The number of nitrogens with zero attached hydrogens (tertiary/aromatic N) is 2. The van der Waals surface area contributed by atoms with Gasteiger partial charge in [0.05, 0.1) is 12.3 Å². The van der Waals surface area contributed by atoms with Crippen molar-refractivity contribution in [2.24, 2.45) is 5.92 Å². The minimum Gasteiger partial charge on any atom is -0.489 e. The summed E-state index contributed by atoms with van der Waals surface area (Å²) in [6.45, 7) is 4.94. The van der Waals surface area contributed by atoms with Crippen molar-refractivity contribution in [3.63, 3.8) is 0 Å². The van der Waals surface area contributed by atoms with Gasteiger partial charge < -0.3 is 14.9 Å². The molecular weight excluding hydrogens is 262 g/mol. The van der Waals surface area contributed by atoms with Crippen LogP contribution in [0.4, 0.5) is 5.69 Å². The molecule has 2 N–H and O–H groups in total. The SMILES string of the molecule is CC(C)COc1cccn2cc(-c3cccc(N)c3)nc12. The lowest BCUT2D eigenvalue weighted by Gasteiger charge is -2.08. The van der Waals surface area contributed by atoms with Crippen molar-refractivity contribution in [3.8, 4) is 17.0 Å². The molecule has 3 aromatic rings. The first-order chi connectivity index (χ1) is 10.1. The number of hydrogen-bond donors (Lipinski definition) is 1. The number of nitrogen functional groups attached to an aromatic ring is 1. The van der Waals surface area contributed by atoms with Crippen molar-refractivity contribution in [2.45, 2.75) is 13.8 Å². The van der Waals surface area contributed by atoms with E-state index in [4.69, 9.17) is 10.5 Å². The molecule has 0 aliphatic carbocycles. The van der Waals surface area contributed by atoms with Crippen LogP contribution < -0.4 is 10.5 Å². The molecule has 0 amide bonds. The van der Waals surface area contributed by atoms with Crippen molar-refractivity contribution in [3.05, 3.63) is 48.8 Å². The number of nitrogens with two attached hydrogens (primary N) is 1. The van der Waals surface area contributed by atoms with Crippen LogP contribution in [0.25, 0.3) is 16.9 Å². The molecule has 0 aliphatic rings. The normalized spacial score (nSPS) is 11.2. The molecule has 21 heavy (non-hydrogen) atoms. The molecule has 0 spiro atoms. The maximum Gasteiger partial charge on any atom is 0.180 e. The van der Waals surface area contributed by atoms with Crippen LogP contribution in [0.1, 0.15) is 13.8 Å². The predicted octanol–water partition coefficient (Wildman–Crippen LogP) is 3.62. The van der Waals surface area contributed by atoms with Crippen molar-refractivity contribution in [1.82, 2.24) is 9.38 Å². The molecule has 2 aromatic heterocycles. The Kier molecular flexibility index (Phi) is 3.52. The van der Waals surface area contributed by atoms with Gasteiger partial charge in [0.2, 0.25) is 0 Å². The van der Waals surface area contributed by atoms with E-state index in [1.54, 1.807) is 0 Å². The Balaban J connectivity index is 2.01. The highest BCUT2D eigenvalue weighted by Crippen LogP contribution is 2.25. The van der Waals surface area contributed by atoms with Crippen molar-refractivity contribution < 1.29 is 4.74 Å². The van der Waals surface area contributed by atoms with E-state index >= 15 is 0 Å². The van der Waals surface area contributed by atoms with Crippen LogP contribution in [0.5, 0.6) is 5.75 Å². The average Bonchev–Trinajstić information content (AvgIpc) is 2.89. The number of aromatic nitrogens is 2. The summed E-state index contributed by atoms with van der Waals surface area (Å²) in [4.78, 5) is 4.68. The highest BCUT2D eigenvalue weighted by molar-refractivity contribution is 5.68. The summed E-state index contributed by atoms with van der Waals surface area (Å²) in [6, 6.07) is 11.7. The second kappa shape index (κ2) is 5.48. The molecular formula is C17H19N3O. The number of ether oxygens (including phenoxy) is 1. The summed E-state index contributed by atoms with van der Waals surface area (Å²) in [7, 11) is 0. The Morgan fingerprint density at radius 2 is 2.10 bits per heavy atom. The Morgan fingerprint density at radius 1 is 1.24 bits per heavy atom. The van der Waals surface area contributed by atoms with Gasteiger partial charge in [-0.1, -0.05) is 26.0 Å². The minimum absolute atomic E-state index is 0.480. The molecule has 0 aliphatic heterocycles. The van der Waals surface area contributed by atoms with Gasteiger partial charge in [-0.15, -0.1) is 0 Å². The summed E-state index contributed by atoms with van der Waals surface area (Å²) in [5, 5.41) is 0. The Labute approximate surface area is 124 Å². The summed E-state index contributed by atoms with van der Waals surface area (Å²) >= 11 is 0. The van der Waals surface area contributed by atoms with Gasteiger partial charge in [-0.2, -0.15) is 0 Å². The Bertz CT molecular complexity index is 762.